The van der Waals surface area contributed by atoms with Gasteiger partial charge >= 0.3 is 0 Å². The maximum absolute atomic E-state index is 5.44. The van der Waals surface area contributed by atoms with Crippen LogP contribution >= 0.6 is 11.8 Å². The number of hydrogen-bond acceptors (Lipinski definition) is 7. The molecule has 0 aromatic carbocycles. The van der Waals surface area contributed by atoms with Crippen LogP contribution in [0.3, 0.4) is 0 Å². The normalized spacial score (nSPS) is 12.4. The van der Waals surface area contributed by atoms with Crippen molar-refractivity contribution in [3.8, 4) is 11.6 Å². The van der Waals surface area contributed by atoms with E-state index in [2.05, 4.69) is 33.8 Å². The molecule has 1 unspecified atom stereocenters. The maximum atomic E-state index is 5.44. The number of hydrogen-bond donors (Lipinski definition) is 0. The summed E-state index contributed by atoms with van der Waals surface area (Å²) in [6.45, 7) is 8.55. The van der Waals surface area contributed by atoms with Crippen molar-refractivity contribution in [1.82, 2.24) is 24.9 Å². The summed E-state index contributed by atoms with van der Waals surface area (Å²) >= 11 is 1.52. The Morgan fingerprint density at radius 3 is 3.00 bits per heavy atom. The molecule has 1 atom stereocenters. The smallest absolute Gasteiger partial charge is 0.239 e. The zero-order chi connectivity index (χ0) is 17.6. The van der Waals surface area contributed by atoms with E-state index in [1.54, 1.807) is 12.3 Å². The Morgan fingerprint density at radius 2 is 2.28 bits per heavy atom. The number of rotatable bonds is 9. The molecule has 0 fully saturated rings. The molecule has 0 spiro atoms. The maximum Gasteiger partial charge on any atom is 0.239 e. The number of furan rings is 1. The number of thioether (sulfide) groups is 1. The summed E-state index contributed by atoms with van der Waals surface area (Å²) in [6, 6.07) is 3.69. The molecule has 132 valence electrons. The van der Waals surface area contributed by atoms with Crippen LogP contribution in [0.1, 0.15) is 43.7 Å². The molecule has 3 rings (SSSR count). The highest BCUT2D eigenvalue weighted by atomic mass is 32.2. The lowest BCUT2D eigenvalue weighted by Crippen LogP contribution is -2.01. The molecule has 0 saturated heterocycles. The van der Waals surface area contributed by atoms with Crippen molar-refractivity contribution in [3.05, 3.63) is 42.8 Å². The summed E-state index contributed by atoms with van der Waals surface area (Å²) in [5, 5.41) is 13.3. The lowest BCUT2D eigenvalue weighted by Gasteiger charge is -2.08. The van der Waals surface area contributed by atoms with Crippen LogP contribution in [0, 0.1) is 0 Å². The number of nitrogens with zero attached hydrogens (tertiary/aromatic N) is 5. The second-order valence-electron chi connectivity index (χ2n) is 5.60. The molecule has 0 aliphatic carbocycles. The molecule has 0 aliphatic heterocycles. The summed E-state index contributed by atoms with van der Waals surface area (Å²) in [5.41, 5.74) is 0. The van der Waals surface area contributed by atoms with Gasteiger partial charge in [-0.15, -0.1) is 16.8 Å². The van der Waals surface area contributed by atoms with Gasteiger partial charge in [0.05, 0.1) is 11.5 Å². The van der Waals surface area contributed by atoms with Crippen molar-refractivity contribution in [2.24, 2.45) is 0 Å². The van der Waals surface area contributed by atoms with Crippen LogP contribution in [-0.4, -0.2) is 24.9 Å². The van der Waals surface area contributed by atoms with Gasteiger partial charge in [-0.05, 0) is 25.5 Å². The molecule has 3 aromatic rings. The fourth-order valence-electron chi connectivity index (χ4n) is 2.34. The van der Waals surface area contributed by atoms with Gasteiger partial charge in [0, 0.05) is 13.0 Å². The Labute approximate surface area is 150 Å². The van der Waals surface area contributed by atoms with E-state index >= 15 is 0 Å². The first kappa shape index (κ1) is 17.5. The average Bonchev–Trinajstić information content (AvgIpc) is 3.34. The highest BCUT2D eigenvalue weighted by Gasteiger charge is 2.21. The van der Waals surface area contributed by atoms with Gasteiger partial charge in [-0.25, -0.2) is 0 Å². The van der Waals surface area contributed by atoms with Gasteiger partial charge < -0.3 is 8.94 Å². The summed E-state index contributed by atoms with van der Waals surface area (Å²) in [7, 11) is 0. The number of allylic oxidation sites excluding steroid dienone is 1. The zero-order valence-electron chi connectivity index (χ0n) is 14.4. The molecule has 0 radical (unpaired) electrons. The van der Waals surface area contributed by atoms with Crippen LogP contribution in [0.15, 0.2) is 45.1 Å². The van der Waals surface area contributed by atoms with Gasteiger partial charge in [0.25, 0.3) is 0 Å². The number of aryl methyl sites for hydroxylation is 1. The molecular formula is C17H21N5O2S. The van der Waals surface area contributed by atoms with Gasteiger partial charge in [-0.2, -0.15) is 4.98 Å². The molecule has 0 saturated carbocycles. The van der Waals surface area contributed by atoms with Crippen LogP contribution in [0.4, 0.5) is 0 Å². The Hall–Kier alpha value is -2.35. The Morgan fingerprint density at radius 1 is 1.40 bits per heavy atom. The second-order valence-corrected chi connectivity index (χ2v) is 6.90. The number of aromatic nitrogens is 5. The third-order valence-corrected chi connectivity index (χ3v) is 4.71. The Balaban J connectivity index is 1.77. The molecule has 3 heterocycles. The van der Waals surface area contributed by atoms with Gasteiger partial charge in [0.1, 0.15) is 0 Å². The monoisotopic (exact) mass is 359 g/mol. The fourth-order valence-corrected chi connectivity index (χ4v) is 3.22. The van der Waals surface area contributed by atoms with Crippen molar-refractivity contribution in [1.29, 1.82) is 0 Å². The van der Waals surface area contributed by atoms with Crippen molar-refractivity contribution >= 4 is 11.8 Å². The van der Waals surface area contributed by atoms with Crippen LogP contribution in [0.2, 0.25) is 0 Å². The third kappa shape index (κ3) is 4.01. The molecule has 0 N–H and O–H groups in total. The first-order valence-electron chi connectivity index (χ1n) is 8.30. The van der Waals surface area contributed by atoms with Gasteiger partial charge in [0.15, 0.2) is 16.7 Å². The molecular weight excluding hydrogens is 338 g/mol. The summed E-state index contributed by atoms with van der Waals surface area (Å²) in [6.07, 6.45) is 6.43. The van der Waals surface area contributed by atoms with E-state index in [0.29, 0.717) is 24.0 Å². The summed E-state index contributed by atoms with van der Waals surface area (Å²) < 4.78 is 12.8. The molecule has 0 bridgehead atoms. The zero-order valence-corrected chi connectivity index (χ0v) is 15.2. The first-order chi connectivity index (χ1) is 12.2. The highest BCUT2D eigenvalue weighted by molar-refractivity contribution is 7.99. The third-order valence-electron chi connectivity index (χ3n) is 3.64. The lowest BCUT2D eigenvalue weighted by molar-refractivity contribution is 0.374. The second kappa shape index (κ2) is 8.15. The minimum atomic E-state index is -0.0277. The molecule has 25 heavy (non-hydrogen) atoms. The van der Waals surface area contributed by atoms with Crippen molar-refractivity contribution in [2.45, 2.75) is 50.1 Å². The number of unbranched alkanes of at least 4 members (excludes halogenated alkanes) is 1. The van der Waals surface area contributed by atoms with E-state index < -0.39 is 0 Å². The van der Waals surface area contributed by atoms with E-state index in [0.717, 1.165) is 30.2 Å². The highest BCUT2D eigenvalue weighted by Crippen LogP contribution is 2.34. The van der Waals surface area contributed by atoms with E-state index in [9.17, 15) is 0 Å². The molecule has 0 aliphatic rings. The lowest BCUT2D eigenvalue weighted by atomic mass is 10.2. The van der Waals surface area contributed by atoms with Gasteiger partial charge in [0.2, 0.25) is 11.7 Å². The van der Waals surface area contributed by atoms with E-state index in [4.69, 9.17) is 8.94 Å². The van der Waals surface area contributed by atoms with Gasteiger partial charge in [-0.1, -0.05) is 36.3 Å². The molecule has 8 heteroatoms. The SMILES string of the molecule is C=CCn1c(SC(C)c2nc(CCCC)no2)nnc1-c1ccco1. The van der Waals surface area contributed by atoms with E-state index in [1.165, 1.54) is 11.8 Å². The fraction of sp³-hybridized carbons (Fsp3) is 0.412. The quantitative estimate of drug-likeness (QED) is 0.416. The Bertz CT molecular complexity index is 809. The Kier molecular flexibility index (Phi) is 5.70. The predicted octanol–water partition coefficient (Wildman–Crippen LogP) is 4.30. The van der Waals surface area contributed by atoms with Gasteiger partial charge in [-0.3, -0.25) is 4.57 Å². The van der Waals surface area contributed by atoms with E-state index in [1.807, 2.05) is 23.6 Å². The summed E-state index contributed by atoms with van der Waals surface area (Å²) in [4.78, 5) is 4.48. The van der Waals surface area contributed by atoms with Crippen LogP contribution in [0.25, 0.3) is 11.6 Å². The van der Waals surface area contributed by atoms with Crippen molar-refractivity contribution < 1.29 is 8.94 Å². The van der Waals surface area contributed by atoms with Crippen LogP contribution in [0.5, 0.6) is 0 Å². The summed E-state index contributed by atoms with van der Waals surface area (Å²) in [5.74, 6) is 2.71. The molecule has 0 amide bonds. The van der Waals surface area contributed by atoms with Crippen molar-refractivity contribution in [3.63, 3.8) is 0 Å². The average molecular weight is 359 g/mol. The minimum absolute atomic E-state index is 0.0277. The first-order valence-corrected chi connectivity index (χ1v) is 9.18. The molecule has 7 nitrogen and oxygen atoms in total. The topological polar surface area (TPSA) is 82.8 Å². The standard InChI is InChI=1S/C17H21N5O2S/c1-4-6-9-14-18-16(24-21-14)12(3)25-17-20-19-15(22(17)10-5-2)13-8-7-11-23-13/h5,7-8,11-12H,2,4,6,9-10H2,1,3H3. The largest absolute Gasteiger partial charge is 0.461 e. The van der Waals surface area contributed by atoms with Crippen LogP contribution < -0.4 is 0 Å². The minimum Gasteiger partial charge on any atom is -0.461 e. The molecule has 3 aromatic heterocycles. The van der Waals surface area contributed by atoms with E-state index in [-0.39, 0.29) is 5.25 Å². The van der Waals surface area contributed by atoms with Crippen molar-refractivity contribution in [2.75, 3.05) is 0 Å². The predicted molar refractivity (Wildman–Crippen MR) is 95.1 cm³/mol. The van der Waals surface area contributed by atoms with Crippen LogP contribution in [-0.2, 0) is 13.0 Å².